The monoisotopic (exact) mass is 544 g/mol. The number of urea groups is 1. The maximum atomic E-state index is 13.3. The van der Waals surface area contributed by atoms with Crippen molar-refractivity contribution in [3.63, 3.8) is 0 Å². The zero-order valence-electron chi connectivity index (χ0n) is 21.6. The number of nitrogens with zero attached hydrogens (tertiary/aromatic N) is 3. The number of ether oxygens (including phenoxy) is 2. The number of carbonyl (C=O) groups excluding carboxylic acids is 2. The number of anilines is 1. The summed E-state index contributed by atoms with van der Waals surface area (Å²) in [7, 11) is 1.55. The smallest absolute Gasteiger partial charge is 0.342 e. The van der Waals surface area contributed by atoms with Gasteiger partial charge in [-0.2, -0.15) is 8.75 Å². The number of cyclic esters (lactones) is 1. The summed E-state index contributed by atoms with van der Waals surface area (Å²) in [6.45, 7) is 2.57. The molecule has 3 aromatic carbocycles. The highest BCUT2D eigenvalue weighted by Crippen LogP contribution is 2.45. The van der Waals surface area contributed by atoms with Crippen molar-refractivity contribution in [1.29, 1.82) is 0 Å². The summed E-state index contributed by atoms with van der Waals surface area (Å²) in [6.07, 6.45) is 1.97. The Hall–Kier alpha value is -4.28. The number of rotatable bonds is 9. The number of primary amides is 1. The fourth-order valence-corrected chi connectivity index (χ4v) is 5.23. The number of amides is 2. The van der Waals surface area contributed by atoms with Gasteiger partial charge in [0.1, 0.15) is 16.8 Å². The maximum absolute atomic E-state index is 13.3. The molecule has 1 unspecified atom stereocenters. The van der Waals surface area contributed by atoms with E-state index in [0.717, 1.165) is 35.6 Å². The molecule has 1 aliphatic rings. The summed E-state index contributed by atoms with van der Waals surface area (Å²) in [4.78, 5) is 26.9. The molecule has 3 N–H and O–H groups in total. The Labute approximate surface area is 229 Å². The molecule has 1 aliphatic heterocycles. The molecule has 0 aliphatic carbocycles. The van der Waals surface area contributed by atoms with Gasteiger partial charge >= 0.3 is 12.0 Å². The number of methoxy groups -OCH3 is 1. The van der Waals surface area contributed by atoms with Gasteiger partial charge in [0.25, 0.3) is 5.79 Å². The lowest BCUT2D eigenvalue weighted by Crippen LogP contribution is -2.36. The Morgan fingerprint density at radius 3 is 2.46 bits per heavy atom. The van der Waals surface area contributed by atoms with Gasteiger partial charge in [0.05, 0.1) is 24.4 Å². The lowest BCUT2D eigenvalue weighted by molar-refractivity contribution is -0.185. The van der Waals surface area contributed by atoms with E-state index in [0.29, 0.717) is 40.2 Å². The van der Waals surface area contributed by atoms with E-state index >= 15 is 0 Å². The van der Waals surface area contributed by atoms with Gasteiger partial charge in [-0.3, -0.25) is 4.90 Å². The number of aliphatic hydroxyl groups is 1. The first-order valence-corrected chi connectivity index (χ1v) is 13.3. The molecule has 0 fully saturated rings. The number of unbranched alkanes of at least 4 members (excludes halogenated alkanes) is 1. The number of aromatic nitrogens is 2. The van der Waals surface area contributed by atoms with Crippen molar-refractivity contribution >= 4 is 46.0 Å². The summed E-state index contributed by atoms with van der Waals surface area (Å²) in [5, 5.41) is 11.9. The number of carbonyl (C=O) groups is 2. The molecule has 2 heterocycles. The minimum absolute atomic E-state index is 0.211. The molecular weight excluding hydrogens is 516 g/mol. The van der Waals surface area contributed by atoms with E-state index in [1.165, 1.54) is 4.90 Å². The van der Waals surface area contributed by atoms with E-state index < -0.39 is 17.8 Å². The number of benzene rings is 3. The van der Waals surface area contributed by atoms with E-state index in [1.807, 2.05) is 31.2 Å². The van der Waals surface area contributed by atoms with Crippen LogP contribution < -0.4 is 15.4 Å². The first kappa shape index (κ1) is 26.3. The first-order valence-electron chi connectivity index (χ1n) is 12.6. The van der Waals surface area contributed by atoms with E-state index in [9.17, 15) is 14.7 Å². The standard InChI is InChI=1S/C29H28N4O5S/c1-3-4-15-33(28(30)35)21-10-5-18(6-11-21)16-23-26(19-7-14-24-25(17-19)32-39-31-24)27(34)38-29(23,36)20-8-12-22(37-2)13-9-20/h5-14,17,36H,3-4,15-16H2,1-2H3,(H2,30,35). The Bertz CT molecular complexity index is 1550. The fraction of sp³-hybridized carbons (Fsp3) is 0.241. The van der Waals surface area contributed by atoms with Gasteiger partial charge < -0.3 is 20.3 Å². The number of hydrogen-bond donors (Lipinski definition) is 2. The molecule has 0 spiro atoms. The molecule has 0 radical (unpaired) electrons. The van der Waals surface area contributed by atoms with Crippen molar-refractivity contribution in [3.8, 4) is 5.75 Å². The van der Waals surface area contributed by atoms with Crippen molar-refractivity contribution in [2.24, 2.45) is 5.73 Å². The normalized spacial score (nSPS) is 16.9. The topological polar surface area (TPSA) is 128 Å². The summed E-state index contributed by atoms with van der Waals surface area (Å²) in [5.74, 6) is -2.02. The predicted molar refractivity (Wildman–Crippen MR) is 149 cm³/mol. The van der Waals surface area contributed by atoms with Gasteiger partial charge in [-0.25, -0.2) is 9.59 Å². The predicted octanol–water partition coefficient (Wildman–Crippen LogP) is 4.78. The van der Waals surface area contributed by atoms with Crippen LogP contribution in [0.25, 0.3) is 16.6 Å². The maximum Gasteiger partial charge on any atom is 0.342 e. The fourth-order valence-electron chi connectivity index (χ4n) is 4.71. The molecule has 39 heavy (non-hydrogen) atoms. The Kier molecular flexibility index (Phi) is 7.32. The molecule has 9 nitrogen and oxygen atoms in total. The van der Waals surface area contributed by atoms with Crippen LogP contribution in [0.3, 0.4) is 0 Å². The molecule has 0 saturated heterocycles. The van der Waals surface area contributed by atoms with E-state index in [2.05, 4.69) is 8.75 Å². The molecule has 1 aromatic heterocycles. The van der Waals surface area contributed by atoms with Crippen molar-refractivity contribution in [2.75, 3.05) is 18.6 Å². The van der Waals surface area contributed by atoms with Gasteiger partial charge in [-0.1, -0.05) is 31.5 Å². The Morgan fingerprint density at radius 2 is 1.79 bits per heavy atom. The van der Waals surface area contributed by atoms with Crippen LogP contribution in [0.4, 0.5) is 10.5 Å². The van der Waals surface area contributed by atoms with Gasteiger partial charge in [0, 0.05) is 29.8 Å². The van der Waals surface area contributed by atoms with Crippen molar-refractivity contribution < 1.29 is 24.2 Å². The molecule has 200 valence electrons. The van der Waals surface area contributed by atoms with Gasteiger partial charge in [0.15, 0.2) is 0 Å². The van der Waals surface area contributed by atoms with Crippen molar-refractivity contribution in [2.45, 2.75) is 32.0 Å². The van der Waals surface area contributed by atoms with E-state index in [1.54, 1.807) is 49.6 Å². The average molecular weight is 545 g/mol. The second-order valence-corrected chi connectivity index (χ2v) is 9.80. The van der Waals surface area contributed by atoms with Crippen LogP contribution in [-0.2, 0) is 21.7 Å². The first-order chi connectivity index (χ1) is 18.8. The van der Waals surface area contributed by atoms with Crippen LogP contribution >= 0.6 is 11.7 Å². The largest absolute Gasteiger partial charge is 0.497 e. The van der Waals surface area contributed by atoms with Crippen LogP contribution in [-0.4, -0.2) is 39.5 Å². The number of hydrogen-bond acceptors (Lipinski definition) is 8. The summed E-state index contributed by atoms with van der Waals surface area (Å²) in [6, 6.07) is 18.9. The minimum Gasteiger partial charge on any atom is -0.497 e. The van der Waals surface area contributed by atoms with E-state index in [4.69, 9.17) is 15.2 Å². The highest BCUT2D eigenvalue weighted by molar-refractivity contribution is 7.00. The van der Waals surface area contributed by atoms with Gasteiger partial charge in [-0.05, 0) is 66.1 Å². The van der Waals surface area contributed by atoms with Crippen LogP contribution in [0, 0.1) is 0 Å². The molecule has 0 saturated carbocycles. The van der Waals surface area contributed by atoms with Crippen LogP contribution in [0.2, 0.25) is 0 Å². The summed E-state index contributed by atoms with van der Waals surface area (Å²) in [5.41, 5.74) is 10.1. The Balaban J connectivity index is 1.58. The molecule has 4 aromatic rings. The molecule has 0 bridgehead atoms. The van der Waals surface area contributed by atoms with Crippen molar-refractivity contribution in [1.82, 2.24) is 8.75 Å². The van der Waals surface area contributed by atoms with Crippen LogP contribution in [0.15, 0.2) is 72.3 Å². The third-order valence-electron chi connectivity index (χ3n) is 6.81. The molecule has 10 heteroatoms. The zero-order chi connectivity index (χ0) is 27.6. The SMILES string of the molecule is CCCCN(C(N)=O)c1ccc(CC2=C(c3ccc4nsnc4c3)C(=O)OC2(O)c2ccc(OC)cc2)cc1. The van der Waals surface area contributed by atoms with Crippen LogP contribution in [0.1, 0.15) is 36.5 Å². The van der Waals surface area contributed by atoms with Crippen molar-refractivity contribution in [3.05, 3.63) is 89.0 Å². The third kappa shape index (κ3) is 5.08. The van der Waals surface area contributed by atoms with E-state index in [-0.39, 0.29) is 12.0 Å². The minimum atomic E-state index is -1.99. The quantitative estimate of drug-likeness (QED) is 0.290. The summed E-state index contributed by atoms with van der Waals surface area (Å²) >= 11 is 1.09. The number of fused-ring (bicyclic) bond motifs is 1. The highest BCUT2D eigenvalue weighted by Gasteiger charge is 2.48. The second kappa shape index (κ2) is 10.8. The lowest BCUT2D eigenvalue weighted by Gasteiger charge is -2.26. The molecule has 1 atom stereocenters. The van der Waals surface area contributed by atoms with Crippen LogP contribution in [0.5, 0.6) is 5.75 Å². The molecule has 5 rings (SSSR count). The van der Waals surface area contributed by atoms with Gasteiger partial charge in [-0.15, -0.1) is 0 Å². The zero-order valence-corrected chi connectivity index (χ0v) is 22.4. The second-order valence-electron chi connectivity index (χ2n) is 9.27. The summed E-state index contributed by atoms with van der Waals surface area (Å²) < 4.78 is 19.5. The molecular formula is C29H28N4O5S. The Morgan fingerprint density at radius 1 is 1.08 bits per heavy atom. The third-order valence-corrected chi connectivity index (χ3v) is 7.37. The lowest BCUT2D eigenvalue weighted by atomic mass is 9.88. The number of esters is 1. The average Bonchev–Trinajstić information content (AvgIpc) is 3.51. The van der Waals surface area contributed by atoms with Gasteiger partial charge in [0.2, 0.25) is 0 Å². The number of nitrogens with two attached hydrogens (primary N) is 1. The molecule has 2 amide bonds. The highest BCUT2D eigenvalue weighted by atomic mass is 32.1.